The lowest BCUT2D eigenvalue weighted by Crippen LogP contribution is -2.36. The molecule has 0 saturated heterocycles. The molecule has 9 nitrogen and oxygen atoms in total. The van der Waals surface area contributed by atoms with Gasteiger partial charge in [0.15, 0.2) is 11.5 Å². The van der Waals surface area contributed by atoms with Crippen molar-refractivity contribution in [3.8, 4) is 11.1 Å². The molecule has 2 N–H and O–H groups in total. The number of carbonyl (C=O) groups excluding carboxylic acids is 1. The van der Waals surface area contributed by atoms with E-state index < -0.39 is 6.03 Å². The monoisotopic (exact) mass is 373 g/mol. The normalized spacial score (nSPS) is 17.4. The number of carbonyl (C=O) groups is 1. The third-order valence-corrected chi connectivity index (χ3v) is 5.24. The molecule has 2 aliphatic rings. The van der Waals surface area contributed by atoms with Crippen LogP contribution < -0.4 is 5.73 Å². The second-order valence-electron chi connectivity index (χ2n) is 6.80. The number of hydrogen-bond donors (Lipinski definition) is 1. The molecule has 1 aliphatic heterocycles. The van der Waals surface area contributed by atoms with Gasteiger partial charge in [-0.25, -0.2) is 14.8 Å². The Hall–Kier alpha value is -3.75. The maximum atomic E-state index is 11.2. The smallest absolute Gasteiger partial charge is 0.367 e. The number of anilines is 1. The van der Waals surface area contributed by atoms with Crippen LogP contribution in [0.3, 0.4) is 0 Å². The van der Waals surface area contributed by atoms with Crippen molar-refractivity contribution in [1.29, 1.82) is 0 Å². The molecular weight excluding hydrogens is 358 g/mol. The summed E-state index contributed by atoms with van der Waals surface area (Å²) in [5.41, 5.74) is 8.57. The number of nitrogen functional groups attached to an aromatic ring is 1. The van der Waals surface area contributed by atoms with Crippen LogP contribution in [0.15, 0.2) is 51.2 Å². The van der Waals surface area contributed by atoms with E-state index in [2.05, 4.69) is 42.2 Å². The summed E-state index contributed by atoms with van der Waals surface area (Å²) in [4.78, 5) is 31.1. The van der Waals surface area contributed by atoms with Crippen LogP contribution in [0, 0.1) is 0 Å². The second kappa shape index (κ2) is 6.15. The fourth-order valence-electron chi connectivity index (χ4n) is 3.54. The topological polar surface area (TPSA) is 133 Å². The average Bonchev–Trinajstić information content (AvgIpc) is 3.32. The highest BCUT2D eigenvalue weighted by Gasteiger charge is 2.44. The molecule has 0 unspecified atom stereocenters. The Morgan fingerprint density at radius 1 is 1.04 bits per heavy atom. The van der Waals surface area contributed by atoms with Crippen LogP contribution in [-0.2, 0) is 5.41 Å². The Morgan fingerprint density at radius 3 is 2.39 bits per heavy atom. The maximum Gasteiger partial charge on any atom is 0.367 e. The van der Waals surface area contributed by atoms with Gasteiger partial charge in [-0.15, -0.1) is 0 Å². The van der Waals surface area contributed by atoms with Gasteiger partial charge in [-0.05, 0) is 24.0 Å². The van der Waals surface area contributed by atoms with Crippen LogP contribution in [0.5, 0.6) is 0 Å². The number of aromatic nitrogens is 4. The molecule has 2 aromatic heterocycles. The van der Waals surface area contributed by atoms with Crippen molar-refractivity contribution in [3.05, 3.63) is 53.9 Å². The van der Waals surface area contributed by atoms with Crippen LogP contribution >= 0.6 is 0 Å². The van der Waals surface area contributed by atoms with E-state index in [1.807, 2.05) is 12.1 Å². The summed E-state index contributed by atoms with van der Waals surface area (Å²) in [5, 5.41) is 4.17. The molecule has 1 saturated carbocycles. The zero-order chi connectivity index (χ0) is 19.1. The molecule has 3 heterocycles. The number of benzene rings is 1. The number of amides is 2. The average molecular weight is 373 g/mol. The van der Waals surface area contributed by atoms with Crippen molar-refractivity contribution in [2.75, 3.05) is 5.73 Å². The fourth-order valence-corrected chi connectivity index (χ4v) is 3.54. The van der Waals surface area contributed by atoms with E-state index in [4.69, 9.17) is 10.3 Å². The minimum absolute atomic E-state index is 0.214. The molecule has 2 amide bonds. The van der Waals surface area contributed by atoms with Crippen molar-refractivity contribution < 1.29 is 9.32 Å². The Morgan fingerprint density at radius 2 is 1.79 bits per heavy atom. The van der Waals surface area contributed by atoms with Crippen molar-refractivity contribution >= 4 is 23.9 Å². The summed E-state index contributed by atoms with van der Waals surface area (Å²) in [7, 11) is 0. The third-order valence-electron chi connectivity index (χ3n) is 5.24. The van der Waals surface area contributed by atoms with Crippen molar-refractivity contribution in [3.63, 3.8) is 0 Å². The first-order chi connectivity index (χ1) is 13.6. The molecule has 0 radical (unpaired) electrons. The van der Waals surface area contributed by atoms with Crippen LogP contribution in [0.4, 0.5) is 10.7 Å². The summed E-state index contributed by atoms with van der Waals surface area (Å²) < 4.78 is 5.34. The molecule has 28 heavy (non-hydrogen) atoms. The molecule has 0 bridgehead atoms. The van der Waals surface area contributed by atoms with Crippen molar-refractivity contribution in [2.24, 2.45) is 9.98 Å². The first kappa shape index (κ1) is 16.4. The van der Waals surface area contributed by atoms with Gasteiger partial charge in [0.05, 0.1) is 11.6 Å². The standard InChI is InChI=1S/C19H15N7O2/c20-17-21-8-12(9-22-17)11-2-4-13(5-3-11)19(6-1-7-19)16-25-15(28-26-16)14-10-23-18(27)24-14/h2-5,8-10H,1,6-7H2,(H2,20,21,22). The van der Waals surface area contributed by atoms with Gasteiger partial charge in [0, 0.05) is 18.0 Å². The Bertz CT molecular complexity index is 1110. The zero-order valence-corrected chi connectivity index (χ0v) is 14.7. The number of nitrogens with zero attached hydrogens (tertiary/aromatic N) is 6. The van der Waals surface area contributed by atoms with E-state index in [-0.39, 0.29) is 17.3 Å². The second-order valence-corrected chi connectivity index (χ2v) is 6.80. The predicted octanol–water partition coefficient (Wildman–Crippen LogP) is 2.57. The Labute approximate surface area is 159 Å². The SMILES string of the molecule is Nc1ncc(-c2ccc(C3(c4noc(C5=NC(=O)N=C5)n4)CCC3)cc2)cn1. The van der Waals surface area contributed by atoms with Crippen LogP contribution in [-0.4, -0.2) is 38.1 Å². The van der Waals surface area contributed by atoms with Crippen LogP contribution in [0.1, 0.15) is 36.5 Å². The van der Waals surface area contributed by atoms with Gasteiger partial charge < -0.3 is 10.3 Å². The summed E-state index contributed by atoms with van der Waals surface area (Å²) >= 11 is 0. The lowest BCUT2D eigenvalue weighted by Gasteiger charge is -2.39. The number of nitrogens with two attached hydrogens (primary N) is 1. The quantitative estimate of drug-likeness (QED) is 0.743. The number of rotatable bonds is 4. The lowest BCUT2D eigenvalue weighted by molar-refractivity contribution is 0.257. The molecule has 3 aromatic rings. The highest BCUT2D eigenvalue weighted by atomic mass is 16.5. The number of hydrogen-bond acceptors (Lipinski definition) is 7. The van der Waals surface area contributed by atoms with E-state index in [1.54, 1.807) is 12.4 Å². The van der Waals surface area contributed by atoms with Gasteiger partial charge >= 0.3 is 6.03 Å². The van der Waals surface area contributed by atoms with Gasteiger partial charge in [-0.3, -0.25) is 0 Å². The van der Waals surface area contributed by atoms with E-state index in [9.17, 15) is 4.79 Å². The predicted molar refractivity (Wildman–Crippen MR) is 101 cm³/mol. The lowest BCUT2D eigenvalue weighted by atomic mass is 9.64. The fraction of sp³-hybridized carbons (Fsp3) is 0.211. The van der Waals surface area contributed by atoms with E-state index in [0.717, 1.165) is 36.0 Å². The van der Waals surface area contributed by atoms with E-state index in [1.165, 1.54) is 6.21 Å². The molecule has 1 aliphatic carbocycles. The number of aliphatic imine (C=N–C) groups is 2. The molecule has 1 aromatic carbocycles. The third kappa shape index (κ3) is 2.59. The van der Waals surface area contributed by atoms with Crippen LogP contribution in [0.2, 0.25) is 0 Å². The largest absolute Gasteiger partial charge is 0.368 e. The van der Waals surface area contributed by atoms with Crippen molar-refractivity contribution in [1.82, 2.24) is 20.1 Å². The van der Waals surface area contributed by atoms with Gasteiger partial charge in [-0.2, -0.15) is 15.0 Å². The summed E-state index contributed by atoms with van der Waals surface area (Å²) in [5.74, 6) is 1.07. The van der Waals surface area contributed by atoms with Crippen LogP contribution in [0.25, 0.3) is 11.1 Å². The van der Waals surface area contributed by atoms with Gasteiger partial charge in [0.1, 0.15) is 0 Å². The molecular formula is C19H15N7O2. The van der Waals surface area contributed by atoms with E-state index in [0.29, 0.717) is 11.5 Å². The zero-order valence-electron chi connectivity index (χ0n) is 14.7. The minimum atomic E-state index is -0.560. The maximum absolute atomic E-state index is 11.2. The van der Waals surface area contributed by atoms with Gasteiger partial charge in [-0.1, -0.05) is 35.8 Å². The summed E-state index contributed by atoms with van der Waals surface area (Å²) in [6.45, 7) is 0. The van der Waals surface area contributed by atoms with E-state index >= 15 is 0 Å². The minimum Gasteiger partial charge on any atom is -0.368 e. The molecule has 9 heteroatoms. The highest BCUT2D eigenvalue weighted by Crippen LogP contribution is 2.48. The Kier molecular flexibility index (Phi) is 3.61. The Balaban J connectivity index is 1.46. The van der Waals surface area contributed by atoms with Gasteiger partial charge in [0.25, 0.3) is 5.89 Å². The van der Waals surface area contributed by atoms with Crippen molar-refractivity contribution in [2.45, 2.75) is 24.7 Å². The first-order valence-corrected chi connectivity index (χ1v) is 8.84. The summed E-state index contributed by atoms with van der Waals surface area (Å²) in [6.07, 6.45) is 7.68. The molecule has 1 fully saturated rings. The van der Waals surface area contributed by atoms with Gasteiger partial charge in [0.2, 0.25) is 5.95 Å². The summed E-state index contributed by atoms with van der Waals surface area (Å²) in [6, 6.07) is 7.63. The number of urea groups is 1. The highest BCUT2D eigenvalue weighted by molar-refractivity contribution is 6.42. The molecule has 138 valence electrons. The molecule has 0 atom stereocenters. The first-order valence-electron chi connectivity index (χ1n) is 8.84. The molecule has 0 spiro atoms. The molecule has 5 rings (SSSR count).